The highest BCUT2D eigenvalue weighted by Gasteiger charge is 2.33. The lowest BCUT2D eigenvalue weighted by Gasteiger charge is -2.16. The average molecular weight is 871 g/mol. The molecule has 16 heteroatoms. The third-order valence-electron chi connectivity index (χ3n) is 11.0. The number of thiophene rings is 1. The first kappa shape index (κ1) is 41.1. The van der Waals surface area contributed by atoms with Crippen molar-refractivity contribution in [2.45, 2.75) is 58.0 Å². The Labute approximate surface area is 361 Å². The number of hydrogen-bond acceptors (Lipinski definition) is 10. The Bertz CT molecular complexity index is 3090. The number of aliphatic imine (C=N–C) groups is 1. The van der Waals surface area contributed by atoms with Crippen LogP contribution in [0.1, 0.15) is 85.7 Å². The van der Waals surface area contributed by atoms with Gasteiger partial charge in [0.05, 0.1) is 46.9 Å². The van der Waals surface area contributed by atoms with Crippen LogP contribution in [-0.2, 0) is 19.6 Å². The standard InChI is InChI=1S/C45H39ClN8O5S2/c1-23-7-18-36(42-39(23)32(21-47)22-48-42)53-61(57,58)33-15-12-28(13-16-33)25(3)49-44(56)31-14-17-34(35(46)19-31)29-8-10-30(11-9-29)41-40-24(2)26(4)60-45(40)54-27(5)51-52-43(54)37(50-41)20-38(55)59-6/h7-19,22,25,37,48,53H,20H2,1-6H3,(H,49,56)/t25-,37+/m1/s1. The summed E-state index contributed by atoms with van der Waals surface area (Å²) in [5, 5.41) is 23.2. The van der Waals surface area contributed by atoms with E-state index in [0.717, 1.165) is 49.0 Å². The molecular formula is C45H39ClN8O5S2. The fourth-order valence-corrected chi connectivity index (χ4v) is 10.1. The van der Waals surface area contributed by atoms with Crippen LogP contribution in [-0.4, -0.2) is 52.9 Å². The number of benzene rings is 4. The lowest BCUT2D eigenvalue weighted by atomic mass is 9.96. The molecule has 1 aliphatic heterocycles. The Morgan fingerprint density at radius 1 is 1.00 bits per heavy atom. The summed E-state index contributed by atoms with van der Waals surface area (Å²) in [6.45, 7) is 9.69. The number of ether oxygens (including phenoxy) is 1. The Balaban J connectivity index is 0.980. The van der Waals surface area contributed by atoms with Crippen LogP contribution in [0.3, 0.4) is 0 Å². The Hall–Kier alpha value is -6.60. The fraction of sp³-hybridized carbons (Fsp3) is 0.200. The fourth-order valence-electron chi connectivity index (χ4n) is 7.56. The number of amides is 1. The zero-order chi connectivity index (χ0) is 43.3. The van der Waals surface area contributed by atoms with Gasteiger partial charge in [0, 0.05) is 43.7 Å². The van der Waals surface area contributed by atoms with Crippen molar-refractivity contribution in [3.05, 3.63) is 146 Å². The number of rotatable bonds is 10. The highest BCUT2D eigenvalue weighted by atomic mass is 35.5. The number of anilines is 1. The van der Waals surface area contributed by atoms with Gasteiger partial charge < -0.3 is 15.0 Å². The highest BCUT2D eigenvalue weighted by molar-refractivity contribution is 7.92. The van der Waals surface area contributed by atoms with Gasteiger partial charge in [0.15, 0.2) is 5.82 Å². The van der Waals surface area contributed by atoms with Crippen LogP contribution in [0.15, 0.2) is 94.9 Å². The molecule has 0 fully saturated rings. The van der Waals surface area contributed by atoms with Crippen molar-refractivity contribution in [1.29, 1.82) is 5.26 Å². The topological polar surface area (TPSA) is 184 Å². The number of methoxy groups -OCH3 is 1. The van der Waals surface area contributed by atoms with Crippen molar-refractivity contribution in [2.75, 3.05) is 11.8 Å². The molecule has 3 N–H and O–H groups in total. The molecule has 0 unspecified atom stereocenters. The molecule has 61 heavy (non-hydrogen) atoms. The molecule has 0 aliphatic carbocycles. The summed E-state index contributed by atoms with van der Waals surface area (Å²) in [6, 6.07) is 23.7. The maximum atomic E-state index is 13.4. The maximum absolute atomic E-state index is 13.4. The van der Waals surface area contributed by atoms with Gasteiger partial charge in [0.1, 0.15) is 22.9 Å². The second-order valence-corrected chi connectivity index (χ2v) is 18.1. The number of aryl methyl sites for hydroxylation is 3. The van der Waals surface area contributed by atoms with Gasteiger partial charge in [-0.3, -0.25) is 23.9 Å². The third-order valence-corrected chi connectivity index (χ3v) is 13.9. The number of fused-ring (bicyclic) bond motifs is 4. The molecule has 0 saturated heterocycles. The zero-order valence-electron chi connectivity index (χ0n) is 33.9. The lowest BCUT2D eigenvalue weighted by Crippen LogP contribution is -2.26. The van der Waals surface area contributed by atoms with Crippen molar-refractivity contribution < 1.29 is 22.7 Å². The number of hydrogen-bond donors (Lipinski definition) is 3. The van der Waals surface area contributed by atoms with E-state index in [1.165, 1.54) is 19.2 Å². The minimum absolute atomic E-state index is 0.00544. The van der Waals surface area contributed by atoms with Crippen LogP contribution in [0.2, 0.25) is 5.02 Å². The number of H-pyrrole nitrogens is 1. The molecule has 0 radical (unpaired) electrons. The predicted octanol–water partition coefficient (Wildman–Crippen LogP) is 8.98. The van der Waals surface area contributed by atoms with Gasteiger partial charge in [-0.25, -0.2) is 8.42 Å². The van der Waals surface area contributed by atoms with Crippen LogP contribution in [0.4, 0.5) is 5.69 Å². The van der Waals surface area contributed by atoms with Crippen LogP contribution in [0, 0.1) is 39.0 Å². The zero-order valence-corrected chi connectivity index (χ0v) is 36.3. The van der Waals surface area contributed by atoms with Crippen molar-refractivity contribution in [1.82, 2.24) is 25.1 Å². The van der Waals surface area contributed by atoms with E-state index >= 15 is 0 Å². The van der Waals surface area contributed by atoms with Gasteiger partial charge in [-0.15, -0.1) is 21.5 Å². The monoisotopic (exact) mass is 870 g/mol. The van der Waals surface area contributed by atoms with Crippen molar-refractivity contribution >= 4 is 67.1 Å². The molecule has 4 aromatic carbocycles. The molecule has 0 spiro atoms. The Morgan fingerprint density at radius 2 is 1.72 bits per heavy atom. The summed E-state index contributed by atoms with van der Waals surface area (Å²) in [7, 11) is -2.62. The van der Waals surface area contributed by atoms with Gasteiger partial charge in [-0.1, -0.05) is 60.1 Å². The van der Waals surface area contributed by atoms with E-state index in [-0.39, 0.29) is 17.2 Å². The van der Waals surface area contributed by atoms with E-state index in [2.05, 4.69) is 45.1 Å². The normalized spacial score (nSPS) is 14.0. The number of esters is 1. The van der Waals surface area contributed by atoms with Gasteiger partial charge >= 0.3 is 5.97 Å². The smallest absolute Gasteiger partial charge is 0.308 e. The van der Waals surface area contributed by atoms with Crippen LogP contribution < -0.4 is 10.0 Å². The van der Waals surface area contributed by atoms with E-state index in [9.17, 15) is 23.3 Å². The first-order chi connectivity index (χ1) is 29.2. The van der Waals surface area contributed by atoms with Crippen LogP contribution in [0.25, 0.3) is 27.0 Å². The first-order valence-corrected chi connectivity index (χ1v) is 21.9. The molecule has 1 amide bonds. The van der Waals surface area contributed by atoms with Gasteiger partial charge in [-0.2, -0.15) is 5.26 Å². The van der Waals surface area contributed by atoms with E-state index in [4.69, 9.17) is 21.3 Å². The van der Waals surface area contributed by atoms with Crippen molar-refractivity contribution in [3.63, 3.8) is 0 Å². The Morgan fingerprint density at radius 3 is 2.41 bits per heavy atom. The molecule has 7 aromatic rings. The molecule has 2 atom stereocenters. The average Bonchev–Trinajstić information content (AvgIpc) is 3.92. The largest absolute Gasteiger partial charge is 0.469 e. The maximum Gasteiger partial charge on any atom is 0.308 e. The number of nitrogens with one attached hydrogen (secondary N) is 3. The van der Waals surface area contributed by atoms with E-state index in [0.29, 0.717) is 50.0 Å². The molecular weight excluding hydrogens is 832 g/mol. The molecule has 3 aromatic heterocycles. The molecule has 0 bridgehead atoms. The number of carbonyl (C=O) groups is 2. The number of sulfonamides is 1. The second-order valence-electron chi connectivity index (χ2n) is 14.8. The van der Waals surface area contributed by atoms with E-state index in [1.54, 1.807) is 60.0 Å². The second kappa shape index (κ2) is 16.1. The minimum Gasteiger partial charge on any atom is -0.469 e. The summed E-state index contributed by atoms with van der Waals surface area (Å²) in [6.07, 6.45) is 1.56. The van der Waals surface area contributed by atoms with Gasteiger partial charge in [-0.05, 0) is 87.2 Å². The number of carbonyl (C=O) groups excluding carboxylic acids is 2. The minimum atomic E-state index is -3.98. The summed E-state index contributed by atoms with van der Waals surface area (Å²) in [5.41, 5.74) is 8.37. The molecule has 13 nitrogen and oxygen atoms in total. The number of nitrogens with zero attached hydrogens (tertiary/aromatic N) is 5. The summed E-state index contributed by atoms with van der Waals surface area (Å²) in [5.74, 6) is 0.526. The van der Waals surface area contributed by atoms with Crippen LogP contribution in [0.5, 0.6) is 0 Å². The quantitative estimate of drug-likeness (QED) is 0.114. The number of halogens is 1. The van der Waals surface area contributed by atoms with E-state index in [1.807, 2.05) is 49.6 Å². The first-order valence-electron chi connectivity index (χ1n) is 19.2. The van der Waals surface area contributed by atoms with Crippen molar-refractivity contribution in [2.24, 2.45) is 4.99 Å². The van der Waals surface area contributed by atoms with Gasteiger partial charge in [0.25, 0.3) is 15.9 Å². The highest BCUT2D eigenvalue weighted by Crippen LogP contribution is 2.40. The SMILES string of the molecule is COC(=O)C[C@@H]1N=C(c2ccc(-c3ccc(C(=O)N[C@H](C)c4ccc(S(=O)(=O)Nc5ccc(C)c6c(C#N)c[nH]c56)cc4)cc3Cl)cc2)c2c(sc(C)c2C)-n2c(C)nnc21. The molecule has 308 valence electrons. The van der Waals surface area contributed by atoms with Crippen LogP contribution >= 0.6 is 22.9 Å². The molecule has 1 aliphatic rings. The lowest BCUT2D eigenvalue weighted by molar-refractivity contribution is -0.141. The molecule has 0 saturated carbocycles. The van der Waals surface area contributed by atoms with Crippen molar-refractivity contribution in [3.8, 4) is 22.2 Å². The number of aromatic amines is 1. The van der Waals surface area contributed by atoms with E-state index < -0.39 is 28.1 Å². The number of aromatic nitrogens is 4. The summed E-state index contributed by atoms with van der Waals surface area (Å²) >= 11 is 8.45. The summed E-state index contributed by atoms with van der Waals surface area (Å²) < 4.78 is 36.4. The predicted molar refractivity (Wildman–Crippen MR) is 236 cm³/mol. The van der Waals surface area contributed by atoms with Gasteiger partial charge in [0.2, 0.25) is 0 Å². The summed E-state index contributed by atoms with van der Waals surface area (Å²) in [4.78, 5) is 35.3. The Kier molecular flexibility index (Phi) is 10.9. The molecule has 8 rings (SSSR count). The molecule has 4 heterocycles. The third kappa shape index (κ3) is 7.58. The number of nitriles is 1.